The molecular formula is C22H23BrN2O4. The number of hydrogen-bond acceptors (Lipinski definition) is 4. The number of amides is 3. The van der Waals surface area contributed by atoms with Crippen molar-refractivity contribution in [3.05, 3.63) is 46.6 Å². The van der Waals surface area contributed by atoms with Crippen molar-refractivity contribution in [2.75, 3.05) is 13.6 Å². The van der Waals surface area contributed by atoms with Crippen molar-refractivity contribution in [1.82, 2.24) is 9.80 Å². The van der Waals surface area contributed by atoms with Gasteiger partial charge in [0.1, 0.15) is 18.1 Å². The van der Waals surface area contributed by atoms with Crippen LogP contribution in [-0.2, 0) is 20.9 Å². The smallest absolute Gasteiger partial charge is 0.242 e. The highest BCUT2D eigenvalue weighted by molar-refractivity contribution is 9.10. The Balaban J connectivity index is 1.38. The van der Waals surface area contributed by atoms with Gasteiger partial charge < -0.3 is 9.32 Å². The van der Waals surface area contributed by atoms with Crippen LogP contribution in [0.15, 0.2) is 45.3 Å². The first-order chi connectivity index (χ1) is 13.9. The molecule has 1 saturated carbocycles. The molecule has 0 N–H and O–H groups in total. The molecule has 2 aliphatic rings. The van der Waals surface area contributed by atoms with E-state index in [1.165, 1.54) is 4.90 Å². The molecule has 0 atom stereocenters. The lowest BCUT2D eigenvalue weighted by molar-refractivity contribution is -0.147. The average molecular weight is 459 g/mol. The fraction of sp³-hybridized carbons (Fsp3) is 0.409. The van der Waals surface area contributed by atoms with Gasteiger partial charge in [0, 0.05) is 23.5 Å². The molecule has 1 aliphatic carbocycles. The van der Waals surface area contributed by atoms with Crippen LogP contribution < -0.4 is 0 Å². The Hall–Kier alpha value is -2.41. The first kappa shape index (κ1) is 19.9. The normalized spacial score (nSPS) is 18.1. The average Bonchev–Trinajstić information content (AvgIpc) is 3.40. The molecule has 2 aromatic rings. The third-order valence-corrected chi connectivity index (χ3v) is 6.48. The molecular weight excluding hydrogens is 436 g/mol. The first-order valence-corrected chi connectivity index (χ1v) is 10.6. The molecule has 1 aromatic heterocycles. The molecule has 0 radical (unpaired) electrons. The monoisotopic (exact) mass is 458 g/mol. The number of carbonyl (C=O) groups excluding carboxylic acids is 3. The van der Waals surface area contributed by atoms with Crippen LogP contribution in [0.5, 0.6) is 0 Å². The van der Waals surface area contributed by atoms with E-state index in [9.17, 15) is 14.4 Å². The maximum atomic E-state index is 12.8. The van der Waals surface area contributed by atoms with Crippen molar-refractivity contribution in [3.8, 4) is 11.3 Å². The molecule has 0 bridgehead atoms. The predicted molar refractivity (Wildman–Crippen MR) is 111 cm³/mol. The minimum Gasteiger partial charge on any atom is -0.459 e. The fourth-order valence-corrected chi connectivity index (χ4v) is 4.54. The lowest BCUT2D eigenvalue weighted by atomic mass is 9.84. The van der Waals surface area contributed by atoms with Gasteiger partial charge in [0.2, 0.25) is 17.7 Å². The quantitative estimate of drug-likeness (QED) is 0.635. The number of halogens is 1. The molecule has 1 aliphatic heterocycles. The molecule has 2 fully saturated rings. The molecule has 1 saturated heterocycles. The number of imide groups is 1. The summed E-state index contributed by atoms with van der Waals surface area (Å²) in [7, 11) is 1.65. The number of rotatable bonds is 5. The molecule has 4 rings (SSSR count). The van der Waals surface area contributed by atoms with Gasteiger partial charge in [-0.2, -0.15) is 0 Å². The second-order valence-electron chi connectivity index (χ2n) is 7.97. The highest BCUT2D eigenvalue weighted by atomic mass is 79.9. The van der Waals surface area contributed by atoms with Gasteiger partial charge in [0.25, 0.3) is 0 Å². The van der Waals surface area contributed by atoms with E-state index < -0.39 is 5.41 Å². The van der Waals surface area contributed by atoms with Crippen molar-refractivity contribution in [2.24, 2.45) is 5.41 Å². The van der Waals surface area contributed by atoms with Gasteiger partial charge in [-0.15, -0.1) is 0 Å². The summed E-state index contributed by atoms with van der Waals surface area (Å²) in [6.07, 6.45) is 3.70. The zero-order chi connectivity index (χ0) is 20.6. The zero-order valence-corrected chi connectivity index (χ0v) is 17.9. The highest BCUT2D eigenvalue weighted by Crippen LogP contribution is 2.46. The van der Waals surface area contributed by atoms with Crippen LogP contribution in [0.1, 0.15) is 37.9 Å². The summed E-state index contributed by atoms with van der Waals surface area (Å²) < 4.78 is 6.85. The topological polar surface area (TPSA) is 70.8 Å². The standard InChI is InChI=1S/C22H23BrN2O4/c1-24(13-17-8-9-18(29-17)15-4-6-16(23)7-5-15)20(27)14-25-19(26)12-22(21(25)28)10-2-3-11-22/h4-9H,2-3,10-14H2,1H3. The summed E-state index contributed by atoms with van der Waals surface area (Å²) in [5.74, 6) is 0.696. The second kappa shape index (κ2) is 7.78. The third-order valence-electron chi connectivity index (χ3n) is 5.95. The lowest BCUT2D eigenvalue weighted by Gasteiger charge is -2.22. The van der Waals surface area contributed by atoms with Gasteiger partial charge in [-0.25, -0.2) is 0 Å². The number of likely N-dealkylation sites (N-methyl/N-ethyl adjacent to an activating group) is 1. The maximum Gasteiger partial charge on any atom is 0.242 e. The molecule has 152 valence electrons. The van der Waals surface area contributed by atoms with Crippen LogP contribution in [0.2, 0.25) is 0 Å². The first-order valence-electron chi connectivity index (χ1n) is 9.81. The van der Waals surface area contributed by atoms with E-state index in [1.54, 1.807) is 7.05 Å². The molecule has 7 heteroatoms. The van der Waals surface area contributed by atoms with Crippen molar-refractivity contribution < 1.29 is 18.8 Å². The fourth-order valence-electron chi connectivity index (χ4n) is 4.27. The van der Waals surface area contributed by atoms with Crippen molar-refractivity contribution in [2.45, 2.75) is 38.6 Å². The molecule has 2 heterocycles. The Labute approximate surface area is 178 Å². The molecule has 1 spiro atoms. The van der Waals surface area contributed by atoms with Crippen molar-refractivity contribution in [3.63, 3.8) is 0 Å². The van der Waals surface area contributed by atoms with Crippen LogP contribution in [-0.4, -0.2) is 41.1 Å². The van der Waals surface area contributed by atoms with Crippen molar-refractivity contribution in [1.29, 1.82) is 0 Å². The van der Waals surface area contributed by atoms with E-state index >= 15 is 0 Å². The number of furan rings is 1. The molecule has 1 aromatic carbocycles. The Morgan fingerprint density at radius 2 is 1.83 bits per heavy atom. The number of hydrogen-bond donors (Lipinski definition) is 0. The van der Waals surface area contributed by atoms with Crippen LogP contribution in [0.4, 0.5) is 0 Å². The number of carbonyl (C=O) groups is 3. The summed E-state index contributed by atoms with van der Waals surface area (Å²) in [6, 6.07) is 11.5. The van der Waals surface area contributed by atoms with E-state index in [0.29, 0.717) is 5.76 Å². The maximum absolute atomic E-state index is 12.8. The van der Waals surface area contributed by atoms with Gasteiger partial charge >= 0.3 is 0 Å². The number of likely N-dealkylation sites (tertiary alicyclic amines) is 1. The van der Waals surface area contributed by atoms with E-state index in [-0.39, 0.29) is 37.2 Å². The molecule has 29 heavy (non-hydrogen) atoms. The number of nitrogens with zero attached hydrogens (tertiary/aromatic N) is 2. The SMILES string of the molecule is CN(Cc1ccc(-c2ccc(Br)cc2)o1)C(=O)CN1C(=O)CC2(CCCC2)C1=O. The minimum atomic E-state index is -0.545. The lowest BCUT2D eigenvalue weighted by Crippen LogP contribution is -2.42. The summed E-state index contributed by atoms with van der Waals surface area (Å²) >= 11 is 3.41. The van der Waals surface area contributed by atoms with Gasteiger partial charge in [-0.1, -0.05) is 40.9 Å². The van der Waals surface area contributed by atoms with Gasteiger partial charge in [0.15, 0.2) is 0 Å². The summed E-state index contributed by atoms with van der Waals surface area (Å²) in [5, 5.41) is 0. The van der Waals surface area contributed by atoms with Gasteiger partial charge in [-0.3, -0.25) is 19.3 Å². The zero-order valence-electron chi connectivity index (χ0n) is 16.3. The van der Waals surface area contributed by atoms with Crippen LogP contribution in [0.25, 0.3) is 11.3 Å². The second-order valence-corrected chi connectivity index (χ2v) is 8.89. The van der Waals surface area contributed by atoms with Crippen molar-refractivity contribution >= 4 is 33.7 Å². The Bertz CT molecular complexity index is 944. The largest absolute Gasteiger partial charge is 0.459 e. The van der Waals surface area contributed by atoms with Crippen LogP contribution >= 0.6 is 15.9 Å². The van der Waals surface area contributed by atoms with E-state index in [4.69, 9.17) is 4.42 Å². The van der Waals surface area contributed by atoms with E-state index in [1.807, 2.05) is 36.4 Å². The Morgan fingerprint density at radius 3 is 2.52 bits per heavy atom. The highest BCUT2D eigenvalue weighted by Gasteiger charge is 2.52. The predicted octanol–water partition coefficient (Wildman–Crippen LogP) is 3.99. The van der Waals surface area contributed by atoms with Gasteiger partial charge in [0.05, 0.1) is 12.0 Å². The van der Waals surface area contributed by atoms with Gasteiger partial charge in [-0.05, 0) is 37.1 Å². The minimum absolute atomic E-state index is 0.169. The number of benzene rings is 1. The summed E-state index contributed by atoms with van der Waals surface area (Å²) in [4.78, 5) is 40.4. The Morgan fingerprint density at radius 1 is 1.14 bits per heavy atom. The summed E-state index contributed by atoms with van der Waals surface area (Å²) in [5.41, 5.74) is 0.403. The van der Waals surface area contributed by atoms with E-state index in [0.717, 1.165) is 46.4 Å². The summed E-state index contributed by atoms with van der Waals surface area (Å²) in [6.45, 7) is 0.0763. The van der Waals surface area contributed by atoms with Crippen LogP contribution in [0, 0.1) is 5.41 Å². The van der Waals surface area contributed by atoms with E-state index in [2.05, 4.69) is 15.9 Å². The third kappa shape index (κ3) is 3.88. The Kier molecular flexibility index (Phi) is 5.34. The molecule has 6 nitrogen and oxygen atoms in total. The molecule has 0 unspecified atom stereocenters. The molecule has 3 amide bonds. The van der Waals surface area contributed by atoms with Crippen LogP contribution in [0.3, 0.4) is 0 Å².